The van der Waals surface area contributed by atoms with Crippen LogP contribution in [0.4, 0.5) is 0 Å². The number of Topliss-reactive ketones (excluding diaryl/α,β-unsaturated/α-hetero) is 1. The van der Waals surface area contributed by atoms with Crippen LogP contribution in [0.2, 0.25) is 0 Å². The van der Waals surface area contributed by atoms with E-state index in [-0.39, 0.29) is 5.56 Å². The summed E-state index contributed by atoms with van der Waals surface area (Å²) in [5.41, 5.74) is 0.144. The number of ether oxygens (including phenoxy) is 3. The highest BCUT2D eigenvalue weighted by molar-refractivity contribution is 6.32. The smallest absolute Gasteiger partial charge is 0.383 e. The molecule has 8 heteroatoms. The van der Waals surface area contributed by atoms with Gasteiger partial charge in [-0.1, -0.05) is 44.2 Å². The number of carbonyl (C=O) groups excluding carboxylic acids is 3. The molecule has 0 spiro atoms. The minimum atomic E-state index is -2.50. The fourth-order valence-electron chi connectivity index (χ4n) is 2.06. The molecule has 8 nitrogen and oxygen atoms in total. The Kier molecular flexibility index (Phi) is 5.66. The maximum atomic E-state index is 12.7. The fourth-order valence-corrected chi connectivity index (χ4v) is 2.06. The van der Waals surface area contributed by atoms with E-state index in [1.165, 1.54) is 12.1 Å². The summed E-state index contributed by atoms with van der Waals surface area (Å²) in [6, 6.07) is 7.86. The highest BCUT2D eigenvalue weighted by Gasteiger charge is 2.58. The van der Waals surface area contributed by atoms with Crippen molar-refractivity contribution in [3.05, 3.63) is 35.9 Å². The number of ketones is 1. The SMILES string of the molecule is CCC(O)NC(CC)OC1(C(=O)c2ccccc2)OC(=O)C(=O)O1. The molecule has 130 valence electrons. The molecule has 1 saturated heterocycles. The molecular weight excluding hydrogens is 318 g/mol. The van der Waals surface area contributed by atoms with Crippen molar-refractivity contribution in [2.45, 2.75) is 45.1 Å². The number of hydrogen-bond donors (Lipinski definition) is 2. The standard InChI is InChI=1S/C16H19NO7/c1-3-11(18)17-12(4-2)22-16(23-14(20)15(21)24-16)13(19)10-8-6-5-7-9-10/h5-9,11-12,17-18H,3-4H2,1-2H3. The second-order valence-electron chi connectivity index (χ2n) is 5.14. The summed E-state index contributed by atoms with van der Waals surface area (Å²) in [7, 11) is 0. The lowest BCUT2D eigenvalue weighted by atomic mass is 10.1. The van der Waals surface area contributed by atoms with Gasteiger partial charge in [-0.25, -0.2) is 9.59 Å². The van der Waals surface area contributed by atoms with E-state index in [4.69, 9.17) is 14.2 Å². The lowest BCUT2D eigenvalue weighted by molar-refractivity contribution is -0.304. The van der Waals surface area contributed by atoms with Gasteiger partial charge in [0.15, 0.2) is 0 Å². The number of aliphatic hydroxyl groups is 1. The van der Waals surface area contributed by atoms with Gasteiger partial charge in [0.25, 0.3) is 5.78 Å². The number of carbonyl (C=O) groups is 3. The molecule has 2 rings (SSSR count). The average molecular weight is 337 g/mol. The predicted molar refractivity (Wildman–Crippen MR) is 80.3 cm³/mol. The zero-order valence-electron chi connectivity index (χ0n) is 13.4. The number of cyclic esters (lactones) is 2. The van der Waals surface area contributed by atoms with Gasteiger partial charge in [-0.15, -0.1) is 0 Å². The van der Waals surface area contributed by atoms with Gasteiger partial charge in [0.05, 0.1) is 0 Å². The Hall–Kier alpha value is -2.29. The normalized spacial score (nSPS) is 18.6. The Balaban J connectivity index is 2.29. The predicted octanol–water partition coefficient (Wildman–Crippen LogP) is 0.694. The van der Waals surface area contributed by atoms with E-state index in [2.05, 4.69) is 5.32 Å². The molecule has 0 amide bonds. The number of esters is 2. The zero-order chi connectivity index (χ0) is 17.7. The van der Waals surface area contributed by atoms with Crippen LogP contribution in [0, 0.1) is 0 Å². The van der Waals surface area contributed by atoms with Crippen LogP contribution in [-0.2, 0) is 23.8 Å². The van der Waals surface area contributed by atoms with E-state index in [1.54, 1.807) is 32.0 Å². The first-order valence-electron chi connectivity index (χ1n) is 7.60. The van der Waals surface area contributed by atoms with Crippen molar-refractivity contribution >= 4 is 17.7 Å². The highest BCUT2D eigenvalue weighted by atomic mass is 16.9. The molecule has 0 aromatic heterocycles. The van der Waals surface area contributed by atoms with E-state index in [0.717, 1.165) is 0 Å². The van der Waals surface area contributed by atoms with Gasteiger partial charge in [-0.05, 0) is 12.8 Å². The summed E-state index contributed by atoms with van der Waals surface area (Å²) in [4.78, 5) is 35.6. The highest BCUT2D eigenvalue weighted by Crippen LogP contribution is 2.29. The average Bonchev–Trinajstić information content (AvgIpc) is 2.89. The Morgan fingerprint density at radius 2 is 1.75 bits per heavy atom. The summed E-state index contributed by atoms with van der Waals surface area (Å²) in [6.07, 6.45) is -1.08. The molecule has 1 aliphatic rings. The summed E-state index contributed by atoms with van der Waals surface area (Å²) in [6.45, 7) is 3.46. The number of benzene rings is 1. The Labute approximate surface area is 138 Å². The lowest BCUT2D eigenvalue weighted by Crippen LogP contribution is -2.51. The maximum absolute atomic E-state index is 12.7. The number of rotatable bonds is 8. The van der Waals surface area contributed by atoms with Crippen molar-refractivity contribution in [1.29, 1.82) is 0 Å². The first-order chi connectivity index (χ1) is 11.4. The third-order valence-corrected chi connectivity index (χ3v) is 3.37. The van der Waals surface area contributed by atoms with Crippen molar-refractivity contribution in [3.8, 4) is 0 Å². The maximum Gasteiger partial charge on any atom is 0.447 e. The summed E-state index contributed by atoms with van der Waals surface area (Å²) >= 11 is 0. The molecule has 1 aromatic rings. The van der Waals surface area contributed by atoms with Crippen molar-refractivity contribution in [2.75, 3.05) is 0 Å². The molecule has 1 aliphatic heterocycles. The number of nitrogens with one attached hydrogen (secondary N) is 1. The molecule has 0 radical (unpaired) electrons. The molecule has 1 fully saturated rings. The lowest BCUT2D eigenvalue weighted by Gasteiger charge is -2.29. The molecule has 2 atom stereocenters. The molecule has 0 saturated carbocycles. The van der Waals surface area contributed by atoms with Crippen LogP contribution in [0.15, 0.2) is 30.3 Å². The largest absolute Gasteiger partial charge is 0.447 e. The van der Waals surface area contributed by atoms with Crippen LogP contribution < -0.4 is 5.32 Å². The van der Waals surface area contributed by atoms with E-state index in [1.807, 2.05) is 0 Å². The molecule has 0 bridgehead atoms. The van der Waals surface area contributed by atoms with Gasteiger partial charge in [-0.2, -0.15) is 0 Å². The third-order valence-electron chi connectivity index (χ3n) is 3.37. The Bertz CT molecular complexity index is 600. The van der Waals surface area contributed by atoms with E-state index in [9.17, 15) is 19.5 Å². The van der Waals surface area contributed by atoms with Gasteiger partial charge in [-0.3, -0.25) is 14.8 Å². The molecule has 1 aromatic carbocycles. The van der Waals surface area contributed by atoms with E-state index < -0.39 is 36.2 Å². The number of hydrogen-bond acceptors (Lipinski definition) is 8. The number of aliphatic hydroxyl groups excluding tert-OH is 1. The van der Waals surface area contributed by atoms with Crippen LogP contribution >= 0.6 is 0 Å². The van der Waals surface area contributed by atoms with Crippen LogP contribution in [0.3, 0.4) is 0 Å². The van der Waals surface area contributed by atoms with Crippen LogP contribution in [0.1, 0.15) is 37.0 Å². The summed E-state index contributed by atoms with van der Waals surface area (Å²) < 4.78 is 15.1. The molecule has 2 N–H and O–H groups in total. The Morgan fingerprint density at radius 3 is 2.25 bits per heavy atom. The third kappa shape index (κ3) is 3.78. The second-order valence-corrected chi connectivity index (χ2v) is 5.14. The van der Waals surface area contributed by atoms with Gasteiger partial charge in [0.1, 0.15) is 12.5 Å². The molecule has 0 aliphatic carbocycles. The van der Waals surface area contributed by atoms with E-state index in [0.29, 0.717) is 12.8 Å². The quantitative estimate of drug-likeness (QED) is 0.308. The summed E-state index contributed by atoms with van der Waals surface area (Å²) in [5.74, 6) is -5.96. The zero-order valence-corrected chi connectivity index (χ0v) is 13.4. The van der Waals surface area contributed by atoms with Crippen molar-refractivity contribution in [3.63, 3.8) is 0 Å². The minimum Gasteiger partial charge on any atom is -0.383 e. The first-order valence-corrected chi connectivity index (χ1v) is 7.60. The van der Waals surface area contributed by atoms with Gasteiger partial charge >= 0.3 is 17.9 Å². The molecular formula is C16H19NO7. The molecule has 2 unspecified atom stereocenters. The van der Waals surface area contributed by atoms with Gasteiger partial charge in [0.2, 0.25) is 0 Å². The molecule has 1 heterocycles. The monoisotopic (exact) mass is 337 g/mol. The van der Waals surface area contributed by atoms with Crippen molar-refractivity contribution in [2.24, 2.45) is 0 Å². The van der Waals surface area contributed by atoms with E-state index >= 15 is 0 Å². The van der Waals surface area contributed by atoms with Crippen molar-refractivity contribution < 1.29 is 33.7 Å². The van der Waals surface area contributed by atoms with Crippen molar-refractivity contribution in [1.82, 2.24) is 5.32 Å². The molecule has 24 heavy (non-hydrogen) atoms. The van der Waals surface area contributed by atoms with Crippen LogP contribution in [0.25, 0.3) is 0 Å². The topological polar surface area (TPSA) is 111 Å². The minimum absolute atomic E-state index is 0.144. The second kappa shape index (κ2) is 7.52. The van der Waals surface area contributed by atoms with Crippen LogP contribution in [-0.4, -0.2) is 41.3 Å². The van der Waals surface area contributed by atoms with Gasteiger partial charge < -0.3 is 14.6 Å². The summed E-state index contributed by atoms with van der Waals surface area (Å²) in [5, 5.41) is 12.4. The van der Waals surface area contributed by atoms with Crippen LogP contribution in [0.5, 0.6) is 0 Å². The fraction of sp³-hybridized carbons (Fsp3) is 0.438. The van der Waals surface area contributed by atoms with Gasteiger partial charge in [0, 0.05) is 5.56 Å². The first kappa shape index (κ1) is 18.1. The Morgan fingerprint density at radius 1 is 1.17 bits per heavy atom.